The first-order valence-electron chi connectivity index (χ1n) is 12.4. The van der Waals surface area contributed by atoms with E-state index in [1.165, 1.54) is 0 Å². The number of allylic oxidation sites excluding steroid dienone is 3. The summed E-state index contributed by atoms with van der Waals surface area (Å²) >= 11 is 12.6. The molecule has 0 unspecified atom stereocenters. The lowest BCUT2D eigenvalue weighted by molar-refractivity contribution is 0.0689. The summed E-state index contributed by atoms with van der Waals surface area (Å²) in [6, 6.07) is 11.4. The second-order valence-corrected chi connectivity index (χ2v) is 10.0. The van der Waals surface area contributed by atoms with Gasteiger partial charge in [-0.15, -0.1) is 0 Å². The maximum atomic E-state index is 13.8. The van der Waals surface area contributed by atoms with Crippen LogP contribution in [0.25, 0.3) is 22.0 Å². The zero-order valence-corrected chi connectivity index (χ0v) is 21.7. The Morgan fingerprint density at radius 1 is 1.03 bits per heavy atom. The van der Waals surface area contributed by atoms with Crippen molar-refractivity contribution in [2.45, 2.75) is 12.8 Å². The van der Waals surface area contributed by atoms with Gasteiger partial charge in [-0.2, -0.15) is 0 Å². The molecule has 0 bridgehead atoms. The van der Waals surface area contributed by atoms with Crippen LogP contribution in [0.4, 0.5) is 5.69 Å². The highest BCUT2D eigenvalue weighted by molar-refractivity contribution is 6.35. The first-order chi connectivity index (χ1) is 18.1. The summed E-state index contributed by atoms with van der Waals surface area (Å²) < 4.78 is 11.4. The van der Waals surface area contributed by atoms with Gasteiger partial charge in [-0.25, -0.2) is 0 Å². The maximum absolute atomic E-state index is 13.8. The minimum Gasteiger partial charge on any atom is -0.494 e. The highest BCUT2D eigenvalue weighted by Gasteiger charge is 2.27. The van der Waals surface area contributed by atoms with Crippen molar-refractivity contribution in [1.29, 1.82) is 0 Å². The first-order valence-corrected chi connectivity index (χ1v) is 13.2. The summed E-state index contributed by atoms with van der Waals surface area (Å²) in [5, 5.41) is 3.89. The molecule has 7 nitrogen and oxygen atoms in total. The molecule has 1 N–H and O–H groups in total. The van der Waals surface area contributed by atoms with Crippen LogP contribution in [0.15, 0.2) is 66.2 Å². The van der Waals surface area contributed by atoms with Crippen LogP contribution < -0.4 is 10.3 Å². The Morgan fingerprint density at radius 2 is 1.84 bits per heavy atom. The van der Waals surface area contributed by atoms with Gasteiger partial charge in [-0.05, 0) is 36.3 Å². The molecule has 0 spiro atoms. The van der Waals surface area contributed by atoms with E-state index in [9.17, 15) is 4.79 Å². The van der Waals surface area contributed by atoms with Crippen LogP contribution in [0.5, 0.6) is 0 Å². The molecule has 190 valence electrons. The van der Waals surface area contributed by atoms with Crippen molar-refractivity contribution in [2.75, 3.05) is 44.4 Å². The van der Waals surface area contributed by atoms with Gasteiger partial charge >= 0.3 is 0 Å². The van der Waals surface area contributed by atoms with Crippen LogP contribution in [0.3, 0.4) is 0 Å². The molecule has 1 aromatic heterocycles. The van der Waals surface area contributed by atoms with Crippen LogP contribution in [0, 0.1) is 0 Å². The Morgan fingerprint density at radius 3 is 2.65 bits per heavy atom. The summed E-state index contributed by atoms with van der Waals surface area (Å²) in [5.74, 6) is 0.712. The summed E-state index contributed by atoms with van der Waals surface area (Å²) in [6.45, 7) is 3.66. The summed E-state index contributed by atoms with van der Waals surface area (Å²) in [5.41, 5.74) is 7.95. The monoisotopic (exact) mass is 536 g/mol. The normalized spacial score (nSPS) is 17.6. The van der Waals surface area contributed by atoms with Crippen molar-refractivity contribution < 1.29 is 14.3 Å². The minimum atomic E-state index is -0.209. The topological polar surface area (TPSA) is 66.9 Å². The molecule has 1 amide bonds. The molecule has 0 saturated carbocycles. The molecule has 1 saturated heterocycles. The Kier molecular flexibility index (Phi) is 6.67. The molecule has 3 heterocycles. The Bertz CT molecular complexity index is 1410. The van der Waals surface area contributed by atoms with Crippen molar-refractivity contribution in [3.8, 4) is 11.1 Å². The van der Waals surface area contributed by atoms with E-state index < -0.39 is 0 Å². The van der Waals surface area contributed by atoms with Crippen molar-refractivity contribution in [3.05, 3.63) is 81.8 Å². The molecule has 3 aromatic rings. The number of aromatic nitrogens is 1. The smallest absolute Gasteiger partial charge is 0.273 e. The molecule has 2 aliphatic heterocycles. The number of morpholine rings is 1. The molecule has 0 radical (unpaired) electrons. The fraction of sp³-hybridized carbons (Fsp3) is 0.286. The molecule has 37 heavy (non-hydrogen) atoms. The fourth-order valence-corrected chi connectivity index (χ4v) is 5.67. The average molecular weight is 537 g/mol. The molecule has 1 aliphatic carbocycles. The summed E-state index contributed by atoms with van der Waals surface area (Å²) in [6.07, 6.45) is 7.57. The number of hydrogen-bond donors (Lipinski definition) is 1. The number of pyridine rings is 1. The lowest BCUT2D eigenvalue weighted by Crippen LogP contribution is -2.46. The number of hydrogen-bond acceptors (Lipinski definition) is 6. The molecule has 3 aliphatic rings. The van der Waals surface area contributed by atoms with E-state index in [0.717, 1.165) is 52.0 Å². The highest BCUT2D eigenvalue weighted by atomic mass is 35.5. The Hall–Kier alpha value is -3.26. The number of carbonyl (C=O) groups is 1. The molecular weight excluding hydrogens is 511 g/mol. The van der Waals surface area contributed by atoms with Crippen molar-refractivity contribution in [3.63, 3.8) is 0 Å². The van der Waals surface area contributed by atoms with Gasteiger partial charge in [0.15, 0.2) is 0 Å². The standard InChI is InChI=1S/C28H26Cl2N4O3/c29-19-14-18(15-20(30)16-19)21-4-3-5-22-26(21)31-17-23(27(22)33-8-11-36-12-9-33)28(35)32-34-10-13-37-25-7-2-1-6-24(25)34/h1,3-6,14-17H,2,7-13H2,(H,32,35). The minimum absolute atomic E-state index is 0.209. The number of amides is 1. The SMILES string of the molecule is O=C(NN1CCOC2=C1C=CCC2)c1cnc2c(-c3cc(Cl)cc(Cl)c3)cccc2c1N1CCOCC1. The van der Waals surface area contributed by atoms with E-state index in [1.54, 1.807) is 12.3 Å². The van der Waals surface area contributed by atoms with E-state index in [0.29, 0.717) is 55.1 Å². The van der Waals surface area contributed by atoms with Crippen molar-refractivity contribution in [2.24, 2.45) is 0 Å². The number of hydrazine groups is 1. The Balaban J connectivity index is 1.44. The van der Waals surface area contributed by atoms with E-state index in [4.69, 9.17) is 37.7 Å². The second kappa shape index (κ2) is 10.2. The molecule has 0 atom stereocenters. The van der Waals surface area contributed by atoms with Gasteiger partial charge in [0.1, 0.15) is 12.4 Å². The number of anilines is 1. The zero-order chi connectivity index (χ0) is 25.4. The molecule has 9 heteroatoms. The van der Waals surface area contributed by atoms with E-state index >= 15 is 0 Å². The van der Waals surface area contributed by atoms with Gasteiger partial charge in [0.05, 0.1) is 42.2 Å². The van der Waals surface area contributed by atoms with Gasteiger partial charge in [-0.3, -0.25) is 20.2 Å². The third kappa shape index (κ3) is 4.75. The van der Waals surface area contributed by atoms with E-state index in [1.807, 2.05) is 41.4 Å². The number of para-hydroxylation sites is 1. The van der Waals surface area contributed by atoms with Crippen molar-refractivity contribution >= 4 is 45.7 Å². The number of ether oxygens (including phenoxy) is 2. The van der Waals surface area contributed by atoms with Crippen LogP contribution in [0.1, 0.15) is 23.2 Å². The van der Waals surface area contributed by atoms with Gasteiger partial charge in [0.2, 0.25) is 0 Å². The lowest BCUT2D eigenvalue weighted by atomic mass is 9.99. The van der Waals surface area contributed by atoms with Crippen LogP contribution >= 0.6 is 23.2 Å². The zero-order valence-electron chi connectivity index (χ0n) is 20.2. The fourth-order valence-electron chi connectivity index (χ4n) is 5.14. The number of halogens is 2. The Labute approximate surface area is 225 Å². The summed E-state index contributed by atoms with van der Waals surface area (Å²) in [4.78, 5) is 20.8. The number of nitrogens with one attached hydrogen (secondary N) is 1. The van der Waals surface area contributed by atoms with Gasteiger partial charge in [0.25, 0.3) is 5.91 Å². The maximum Gasteiger partial charge on any atom is 0.273 e. The largest absolute Gasteiger partial charge is 0.494 e. The molecule has 6 rings (SSSR count). The summed E-state index contributed by atoms with van der Waals surface area (Å²) in [7, 11) is 0. The van der Waals surface area contributed by atoms with Crippen LogP contribution in [-0.4, -0.2) is 55.4 Å². The third-order valence-corrected chi connectivity index (χ3v) is 7.27. The van der Waals surface area contributed by atoms with Crippen LogP contribution in [-0.2, 0) is 9.47 Å². The quantitative estimate of drug-likeness (QED) is 0.469. The van der Waals surface area contributed by atoms with Gasteiger partial charge < -0.3 is 14.4 Å². The molecule has 2 aromatic carbocycles. The van der Waals surface area contributed by atoms with Crippen molar-refractivity contribution in [1.82, 2.24) is 15.4 Å². The van der Waals surface area contributed by atoms with E-state index in [2.05, 4.69) is 16.4 Å². The predicted octanol–water partition coefficient (Wildman–Crippen LogP) is 5.58. The molecule has 1 fully saturated rings. The number of nitrogens with zero attached hydrogens (tertiary/aromatic N) is 3. The highest BCUT2D eigenvalue weighted by Crippen LogP contribution is 2.37. The van der Waals surface area contributed by atoms with Gasteiger partial charge in [-0.1, -0.05) is 47.5 Å². The van der Waals surface area contributed by atoms with E-state index in [-0.39, 0.29) is 5.91 Å². The lowest BCUT2D eigenvalue weighted by Gasteiger charge is -2.35. The number of carbonyl (C=O) groups excluding carboxylic acids is 1. The first kappa shape index (κ1) is 24.1. The predicted molar refractivity (Wildman–Crippen MR) is 146 cm³/mol. The molecular formula is C28H26Cl2N4O3. The average Bonchev–Trinajstić information content (AvgIpc) is 2.92. The number of benzene rings is 2. The number of fused-ring (bicyclic) bond motifs is 1. The third-order valence-electron chi connectivity index (χ3n) is 6.83. The second-order valence-electron chi connectivity index (χ2n) is 9.17. The van der Waals surface area contributed by atoms with Gasteiger partial charge in [0, 0.05) is 46.7 Å². The number of rotatable bonds is 4. The van der Waals surface area contributed by atoms with Crippen LogP contribution in [0.2, 0.25) is 10.0 Å².